The Morgan fingerprint density at radius 1 is 1.26 bits per heavy atom. The van der Waals surface area contributed by atoms with Gasteiger partial charge in [-0.05, 0) is 37.0 Å². The number of amides is 1. The molecule has 1 amide bonds. The molecule has 2 heterocycles. The number of hydrogen-bond donors (Lipinski definition) is 3. The molecule has 146 valence electrons. The molecule has 1 aliphatic rings. The highest BCUT2D eigenvalue weighted by Gasteiger charge is 2.23. The second-order valence-electron chi connectivity index (χ2n) is 6.32. The van der Waals surface area contributed by atoms with Crippen LogP contribution in [-0.2, 0) is 4.79 Å². The highest BCUT2D eigenvalue weighted by atomic mass is 16.3. The number of anilines is 2. The number of carbonyl (C=O) groups excluding carboxylic acids is 1. The smallest absolute Gasteiger partial charge is 0.220 e. The van der Waals surface area contributed by atoms with E-state index >= 15 is 0 Å². The maximum absolute atomic E-state index is 11.5. The molecular weight excluding hydrogens is 342 g/mol. The van der Waals surface area contributed by atoms with Crippen LogP contribution in [0.25, 0.3) is 11.3 Å². The normalized spacial score (nSPS) is 14.3. The average Bonchev–Trinajstić information content (AvgIpc) is 2.71. The van der Waals surface area contributed by atoms with Gasteiger partial charge in [-0.2, -0.15) is 0 Å². The molecule has 0 unspecified atom stereocenters. The van der Waals surface area contributed by atoms with E-state index < -0.39 is 0 Å². The van der Waals surface area contributed by atoms with Gasteiger partial charge in [-0.1, -0.05) is 26.0 Å². The molecule has 7 nitrogen and oxygen atoms in total. The van der Waals surface area contributed by atoms with Crippen molar-refractivity contribution in [3.05, 3.63) is 30.3 Å². The van der Waals surface area contributed by atoms with E-state index in [1.807, 2.05) is 26.0 Å². The van der Waals surface area contributed by atoms with Gasteiger partial charge in [0.05, 0.1) is 11.4 Å². The minimum atomic E-state index is 0.0883. The first-order chi connectivity index (χ1) is 13.1. The summed E-state index contributed by atoms with van der Waals surface area (Å²) in [6.07, 6.45) is 2.43. The average molecular weight is 371 g/mol. The third kappa shape index (κ3) is 5.09. The van der Waals surface area contributed by atoms with Crippen molar-refractivity contribution in [2.45, 2.75) is 33.1 Å². The lowest BCUT2D eigenvalue weighted by Crippen LogP contribution is -2.36. The summed E-state index contributed by atoms with van der Waals surface area (Å²) in [6.45, 7) is 5.63. The Kier molecular flexibility index (Phi) is 7.40. The van der Waals surface area contributed by atoms with Gasteiger partial charge in [0.1, 0.15) is 5.75 Å². The maximum Gasteiger partial charge on any atom is 0.220 e. The summed E-state index contributed by atoms with van der Waals surface area (Å²) in [5.41, 5.74) is 8.08. The minimum absolute atomic E-state index is 0.0883. The van der Waals surface area contributed by atoms with Crippen LogP contribution in [0.4, 0.5) is 11.5 Å². The first kappa shape index (κ1) is 20.5. The molecule has 27 heavy (non-hydrogen) atoms. The Balaban J connectivity index is 0.00000126. The Morgan fingerprint density at radius 2 is 1.93 bits per heavy atom. The number of phenolic OH excluding ortho intramolecular Hbond substituents is 1. The summed E-state index contributed by atoms with van der Waals surface area (Å²) in [5.74, 6) is 1.02. The summed E-state index contributed by atoms with van der Waals surface area (Å²) in [4.78, 5) is 13.7. The number of aromatic nitrogens is 2. The number of para-hydroxylation sites is 1. The molecule has 0 aliphatic carbocycles. The fourth-order valence-corrected chi connectivity index (χ4v) is 3.21. The lowest BCUT2D eigenvalue weighted by atomic mass is 9.93. The topological polar surface area (TPSA) is 104 Å². The van der Waals surface area contributed by atoms with E-state index in [2.05, 4.69) is 20.4 Å². The molecule has 1 aromatic heterocycles. The predicted molar refractivity (Wildman–Crippen MR) is 109 cm³/mol. The number of aromatic hydroxyl groups is 1. The van der Waals surface area contributed by atoms with Gasteiger partial charge in [0.15, 0.2) is 5.82 Å². The van der Waals surface area contributed by atoms with E-state index in [-0.39, 0.29) is 11.7 Å². The van der Waals surface area contributed by atoms with Gasteiger partial charge in [0, 0.05) is 32.1 Å². The maximum atomic E-state index is 11.5. The quantitative estimate of drug-likeness (QED) is 0.763. The zero-order valence-electron chi connectivity index (χ0n) is 16.3. The Bertz CT molecular complexity index is 758. The Labute approximate surface area is 160 Å². The van der Waals surface area contributed by atoms with Crippen LogP contribution in [0.15, 0.2) is 30.3 Å². The zero-order chi connectivity index (χ0) is 19.8. The fraction of sp³-hybridized carbons (Fsp3) is 0.450. The van der Waals surface area contributed by atoms with Gasteiger partial charge in [-0.15, -0.1) is 10.2 Å². The molecule has 7 heteroatoms. The molecule has 1 aliphatic heterocycles. The lowest BCUT2D eigenvalue weighted by Gasteiger charge is -2.33. The van der Waals surface area contributed by atoms with E-state index in [1.54, 1.807) is 25.2 Å². The standard InChI is InChI=1S/C18H23N5O2.C2H6/c1-20-17(25)10-12-6-8-23(9-7-12)15-11-14(21-22-18(15)19)13-4-2-3-5-16(13)24;1-2/h2-5,11-12,24H,6-10H2,1H3,(H2,19,22)(H,20,25);1-2H3. The van der Waals surface area contributed by atoms with Crippen LogP contribution in [0.5, 0.6) is 5.75 Å². The number of nitrogens with one attached hydrogen (secondary N) is 1. The van der Waals surface area contributed by atoms with Crippen LogP contribution in [0.3, 0.4) is 0 Å². The number of piperidine rings is 1. The van der Waals surface area contributed by atoms with Crippen molar-refractivity contribution in [3.8, 4) is 17.0 Å². The van der Waals surface area contributed by atoms with Crippen molar-refractivity contribution in [2.24, 2.45) is 5.92 Å². The van der Waals surface area contributed by atoms with Gasteiger partial charge in [-0.25, -0.2) is 0 Å². The number of rotatable bonds is 4. The molecule has 0 radical (unpaired) electrons. The zero-order valence-corrected chi connectivity index (χ0v) is 16.3. The highest BCUT2D eigenvalue weighted by Crippen LogP contribution is 2.33. The molecule has 3 rings (SSSR count). The Hall–Kier alpha value is -2.83. The van der Waals surface area contributed by atoms with Crippen LogP contribution in [0.1, 0.15) is 33.1 Å². The van der Waals surface area contributed by atoms with Crippen LogP contribution >= 0.6 is 0 Å². The number of nitrogens with zero attached hydrogens (tertiary/aromatic N) is 3. The molecule has 1 saturated heterocycles. The third-order valence-corrected chi connectivity index (χ3v) is 4.69. The molecule has 0 saturated carbocycles. The SMILES string of the molecule is CC.CNC(=O)CC1CCN(c2cc(-c3ccccc3O)nnc2N)CC1. The number of carbonyl (C=O) groups is 1. The van der Waals surface area contributed by atoms with Crippen molar-refractivity contribution < 1.29 is 9.90 Å². The molecular formula is C20H29N5O2. The summed E-state index contributed by atoms with van der Waals surface area (Å²) < 4.78 is 0. The number of phenols is 1. The second kappa shape index (κ2) is 9.75. The van der Waals surface area contributed by atoms with Crippen molar-refractivity contribution in [1.82, 2.24) is 15.5 Å². The van der Waals surface area contributed by atoms with Gasteiger partial charge < -0.3 is 21.1 Å². The first-order valence-electron chi connectivity index (χ1n) is 9.45. The molecule has 4 N–H and O–H groups in total. The summed E-state index contributed by atoms with van der Waals surface area (Å²) in [6, 6.07) is 8.90. The van der Waals surface area contributed by atoms with Crippen LogP contribution < -0.4 is 16.0 Å². The number of nitrogen functional groups attached to an aromatic ring is 1. The molecule has 0 atom stereocenters. The van der Waals surface area contributed by atoms with Crippen molar-refractivity contribution >= 4 is 17.4 Å². The van der Waals surface area contributed by atoms with E-state index in [9.17, 15) is 9.90 Å². The largest absolute Gasteiger partial charge is 0.507 e. The molecule has 1 fully saturated rings. The van der Waals surface area contributed by atoms with E-state index in [0.717, 1.165) is 31.6 Å². The number of nitrogens with two attached hydrogens (primary N) is 1. The molecule has 0 spiro atoms. The number of hydrogen-bond acceptors (Lipinski definition) is 6. The van der Waals surface area contributed by atoms with Crippen LogP contribution in [0.2, 0.25) is 0 Å². The van der Waals surface area contributed by atoms with Crippen LogP contribution in [0, 0.1) is 5.92 Å². The van der Waals surface area contributed by atoms with E-state index in [1.165, 1.54) is 0 Å². The predicted octanol–water partition coefficient (Wildman–Crippen LogP) is 2.81. The Morgan fingerprint density at radius 3 is 2.56 bits per heavy atom. The minimum Gasteiger partial charge on any atom is -0.507 e. The van der Waals surface area contributed by atoms with Crippen LogP contribution in [-0.4, -0.2) is 41.3 Å². The molecule has 1 aromatic carbocycles. The van der Waals surface area contributed by atoms with Gasteiger partial charge in [0.2, 0.25) is 5.91 Å². The highest BCUT2D eigenvalue weighted by molar-refractivity contribution is 5.76. The summed E-state index contributed by atoms with van der Waals surface area (Å²) in [5, 5.41) is 20.9. The fourth-order valence-electron chi connectivity index (χ4n) is 3.21. The monoisotopic (exact) mass is 371 g/mol. The third-order valence-electron chi connectivity index (χ3n) is 4.69. The van der Waals surface area contributed by atoms with E-state index in [4.69, 9.17) is 5.73 Å². The molecule has 2 aromatic rings. The summed E-state index contributed by atoms with van der Waals surface area (Å²) >= 11 is 0. The van der Waals surface area contributed by atoms with Crippen molar-refractivity contribution in [2.75, 3.05) is 30.8 Å². The van der Waals surface area contributed by atoms with Gasteiger partial charge in [0.25, 0.3) is 0 Å². The van der Waals surface area contributed by atoms with E-state index in [0.29, 0.717) is 29.4 Å². The first-order valence-corrected chi connectivity index (χ1v) is 9.45. The molecule has 0 bridgehead atoms. The van der Waals surface area contributed by atoms with Gasteiger partial charge >= 0.3 is 0 Å². The van der Waals surface area contributed by atoms with Crippen molar-refractivity contribution in [1.29, 1.82) is 0 Å². The lowest BCUT2D eigenvalue weighted by molar-refractivity contribution is -0.121. The summed E-state index contributed by atoms with van der Waals surface area (Å²) in [7, 11) is 1.67. The van der Waals surface area contributed by atoms with Gasteiger partial charge in [-0.3, -0.25) is 4.79 Å². The number of benzene rings is 1. The van der Waals surface area contributed by atoms with Crippen molar-refractivity contribution in [3.63, 3.8) is 0 Å². The second-order valence-corrected chi connectivity index (χ2v) is 6.32.